The summed E-state index contributed by atoms with van der Waals surface area (Å²) in [4.78, 5) is 24.2. The Morgan fingerprint density at radius 1 is 1.10 bits per heavy atom. The third-order valence-corrected chi connectivity index (χ3v) is 7.35. The third-order valence-electron chi connectivity index (χ3n) is 6.04. The van der Waals surface area contributed by atoms with E-state index in [1.165, 1.54) is 20.8 Å². The van der Waals surface area contributed by atoms with Gasteiger partial charge in [0.05, 0.1) is 15.9 Å². The number of pyridine rings is 1. The third kappa shape index (κ3) is 3.36. The molecule has 0 bridgehead atoms. The van der Waals surface area contributed by atoms with Crippen molar-refractivity contribution < 1.29 is 0 Å². The van der Waals surface area contributed by atoms with Crippen LogP contribution in [0.15, 0.2) is 53.1 Å². The lowest BCUT2D eigenvalue weighted by atomic mass is 10.1. The lowest BCUT2D eigenvalue weighted by Crippen LogP contribution is -2.45. The number of H-pyrrole nitrogens is 1. The number of rotatable bonds is 3. The van der Waals surface area contributed by atoms with E-state index in [4.69, 9.17) is 0 Å². The molecule has 0 unspecified atom stereocenters. The Morgan fingerprint density at radius 2 is 1.86 bits per heavy atom. The summed E-state index contributed by atoms with van der Waals surface area (Å²) in [5.41, 5.74) is 3.55. The number of benzene rings is 1. The Balaban J connectivity index is 1.36. The van der Waals surface area contributed by atoms with E-state index in [2.05, 4.69) is 58.1 Å². The van der Waals surface area contributed by atoms with Crippen molar-refractivity contribution >= 4 is 32.3 Å². The molecule has 0 amide bonds. The van der Waals surface area contributed by atoms with Crippen LogP contribution < -0.4 is 5.56 Å². The summed E-state index contributed by atoms with van der Waals surface area (Å²) in [6, 6.07) is 7.92. The standard InChI is InChI=1S/C23H26N4OS/c1-16-20(29-22-18-7-3-4-8-19(18)23(28)24-21(16)22)15-26-10-12-27(13-11-26)17-6-5-9-25(2)14-17/h3-8,14H,9-13,15H2,1-2H3,(H,24,28). The fourth-order valence-corrected chi connectivity index (χ4v) is 5.67. The Hall–Kier alpha value is -2.57. The van der Waals surface area contributed by atoms with E-state index < -0.39 is 0 Å². The quantitative estimate of drug-likeness (QED) is 0.723. The van der Waals surface area contributed by atoms with Crippen LogP contribution in [0.25, 0.3) is 21.0 Å². The molecule has 0 aliphatic carbocycles. The average Bonchev–Trinajstić information content (AvgIpc) is 3.05. The molecule has 2 aliphatic rings. The summed E-state index contributed by atoms with van der Waals surface area (Å²) in [7, 11) is 2.12. The number of aromatic amines is 1. The summed E-state index contributed by atoms with van der Waals surface area (Å²) in [6.07, 6.45) is 6.72. The van der Waals surface area contributed by atoms with E-state index in [1.807, 2.05) is 29.5 Å². The molecule has 5 nitrogen and oxygen atoms in total. The predicted molar refractivity (Wildman–Crippen MR) is 121 cm³/mol. The molecule has 6 heteroatoms. The Morgan fingerprint density at radius 3 is 2.62 bits per heavy atom. The van der Waals surface area contributed by atoms with Crippen LogP contribution in [0.5, 0.6) is 0 Å². The van der Waals surface area contributed by atoms with Gasteiger partial charge >= 0.3 is 0 Å². The Labute approximate surface area is 174 Å². The second kappa shape index (κ2) is 7.35. The number of nitrogens with one attached hydrogen (secondary N) is 1. The summed E-state index contributed by atoms with van der Waals surface area (Å²) in [5, 5.41) is 1.84. The van der Waals surface area contributed by atoms with Gasteiger partial charge in [0.2, 0.25) is 0 Å². The zero-order valence-corrected chi connectivity index (χ0v) is 17.8. The highest BCUT2D eigenvalue weighted by molar-refractivity contribution is 7.20. The van der Waals surface area contributed by atoms with Gasteiger partial charge in [0, 0.05) is 68.2 Å². The highest BCUT2D eigenvalue weighted by atomic mass is 32.1. The molecule has 0 spiro atoms. The predicted octanol–water partition coefficient (Wildman–Crippen LogP) is 3.51. The fraction of sp³-hybridized carbons (Fsp3) is 0.348. The largest absolute Gasteiger partial charge is 0.375 e. The molecular weight excluding hydrogens is 380 g/mol. The van der Waals surface area contributed by atoms with Crippen LogP contribution in [0, 0.1) is 6.92 Å². The molecule has 1 fully saturated rings. The first-order chi connectivity index (χ1) is 14.1. The van der Waals surface area contributed by atoms with Crippen molar-refractivity contribution in [2.24, 2.45) is 0 Å². The minimum absolute atomic E-state index is 0.00736. The first kappa shape index (κ1) is 18.5. The number of nitrogens with zero attached hydrogens (tertiary/aromatic N) is 3. The SMILES string of the molecule is Cc1c(CN2CCN(C3=CN(C)CC=C3)CC2)sc2c1[nH]c(=O)c1ccccc12. The average molecular weight is 407 g/mol. The Bertz CT molecular complexity index is 1180. The van der Waals surface area contributed by atoms with Crippen LogP contribution in [-0.4, -0.2) is 59.5 Å². The second-order valence-electron chi connectivity index (χ2n) is 8.01. The molecule has 1 N–H and O–H groups in total. The minimum Gasteiger partial charge on any atom is -0.375 e. The van der Waals surface area contributed by atoms with Gasteiger partial charge < -0.3 is 14.8 Å². The van der Waals surface area contributed by atoms with Crippen molar-refractivity contribution in [2.45, 2.75) is 13.5 Å². The number of aryl methyl sites for hydroxylation is 1. The second-order valence-corrected chi connectivity index (χ2v) is 9.12. The first-order valence-corrected chi connectivity index (χ1v) is 11.0. The van der Waals surface area contributed by atoms with Gasteiger partial charge in [0.15, 0.2) is 0 Å². The lowest BCUT2D eigenvalue weighted by molar-refractivity contribution is 0.154. The number of allylic oxidation sites excluding steroid dienone is 1. The molecule has 1 aromatic carbocycles. The van der Waals surface area contributed by atoms with Crippen LogP contribution in [0.4, 0.5) is 0 Å². The fourth-order valence-electron chi connectivity index (χ4n) is 4.33. The summed E-state index contributed by atoms with van der Waals surface area (Å²) in [5.74, 6) is 0. The molecule has 1 saturated heterocycles. The van der Waals surface area contributed by atoms with Crippen LogP contribution in [-0.2, 0) is 6.54 Å². The molecule has 2 aromatic heterocycles. The highest BCUT2D eigenvalue weighted by Crippen LogP contribution is 2.34. The number of piperazine rings is 1. The first-order valence-electron chi connectivity index (χ1n) is 10.2. The number of thiophene rings is 1. The van der Waals surface area contributed by atoms with Crippen molar-refractivity contribution in [2.75, 3.05) is 39.8 Å². The maximum absolute atomic E-state index is 12.5. The van der Waals surface area contributed by atoms with E-state index in [0.717, 1.165) is 55.6 Å². The van der Waals surface area contributed by atoms with E-state index >= 15 is 0 Å². The smallest absolute Gasteiger partial charge is 0.256 e. The molecule has 29 heavy (non-hydrogen) atoms. The van der Waals surface area contributed by atoms with Crippen LogP contribution in [0.1, 0.15) is 10.4 Å². The van der Waals surface area contributed by atoms with Crippen LogP contribution in [0.3, 0.4) is 0 Å². The Kier molecular flexibility index (Phi) is 4.68. The van der Waals surface area contributed by atoms with E-state index in [0.29, 0.717) is 0 Å². The van der Waals surface area contributed by atoms with Crippen LogP contribution in [0.2, 0.25) is 0 Å². The van der Waals surface area contributed by atoms with Gasteiger partial charge in [-0.3, -0.25) is 9.69 Å². The molecule has 0 saturated carbocycles. The van der Waals surface area contributed by atoms with Gasteiger partial charge in [-0.15, -0.1) is 11.3 Å². The number of hydrogen-bond acceptors (Lipinski definition) is 5. The van der Waals surface area contributed by atoms with Gasteiger partial charge in [0.25, 0.3) is 5.56 Å². The van der Waals surface area contributed by atoms with Gasteiger partial charge in [-0.1, -0.05) is 24.3 Å². The van der Waals surface area contributed by atoms with Gasteiger partial charge in [-0.2, -0.15) is 0 Å². The molecule has 0 atom stereocenters. The number of aromatic nitrogens is 1. The molecular formula is C23H26N4OS. The highest BCUT2D eigenvalue weighted by Gasteiger charge is 2.21. The van der Waals surface area contributed by atoms with Crippen molar-refractivity contribution in [3.05, 3.63) is 69.1 Å². The summed E-state index contributed by atoms with van der Waals surface area (Å²) in [6.45, 7) is 8.29. The van der Waals surface area contributed by atoms with E-state index in [1.54, 1.807) is 0 Å². The monoisotopic (exact) mass is 406 g/mol. The van der Waals surface area contributed by atoms with Gasteiger partial charge in [0.1, 0.15) is 0 Å². The zero-order valence-electron chi connectivity index (χ0n) is 16.9. The molecule has 2 aliphatic heterocycles. The minimum atomic E-state index is 0.00736. The van der Waals surface area contributed by atoms with Crippen LogP contribution >= 0.6 is 11.3 Å². The number of hydrogen-bond donors (Lipinski definition) is 1. The maximum Gasteiger partial charge on any atom is 0.256 e. The number of likely N-dealkylation sites (N-methyl/N-ethyl adjacent to an activating group) is 1. The molecule has 0 radical (unpaired) electrons. The topological polar surface area (TPSA) is 42.6 Å². The van der Waals surface area contributed by atoms with Crippen molar-refractivity contribution in [3.63, 3.8) is 0 Å². The summed E-state index contributed by atoms with van der Waals surface area (Å²) >= 11 is 1.83. The molecule has 5 rings (SSSR count). The normalized spacial score (nSPS) is 18.1. The van der Waals surface area contributed by atoms with Gasteiger partial charge in [-0.05, 0) is 24.6 Å². The maximum atomic E-state index is 12.5. The van der Waals surface area contributed by atoms with Crippen molar-refractivity contribution in [3.8, 4) is 0 Å². The van der Waals surface area contributed by atoms with Gasteiger partial charge in [-0.25, -0.2) is 0 Å². The van der Waals surface area contributed by atoms with E-state index in [-0.39, 0.29) is 5.56 Å². The zero-order chi connectivity index (χ0) is 20.0. The summed E-state index contributed by atoms with van der Waals surface area (Å²) < 4.78 is 1.20. The van der Waals surface area contributed by atoms with Crippen molar-refractivity contribution in [1.82, 2.24) is 19.7 Å². The molecule has 3 aromatic rings. The number of fused-ring (bicyclic) bond motifs is 3. The lowest BCUT2D eigenvalue weighted by Gasteiger charge is -2.37. The van der Waals surface area contributed by atoms with E-state index in [9.17, 15) is 4.79 Å². The molecule has 4 heterocycles. The van der Waals surface area contributed by atoms with Crippen molar-refractivity contribution in [1.29, 1.82) is 0 Å². The molecule has 150 valence electrons.